The highest BCUT2D eigenvalue weighted by Gasteiger charge is 2.09. The third kappa shape index (κ3) is 4.98. The zero-order valence-electron chi connectivity index (χ0n) is 14.8. The molecule has 0 spiro atoms. The van der Waals surface area contributed by atoms with Gasteiger partial charge in [0.15, 0.2) is 0 Å². The number of aromatic nitrogens is 1. The van der Waals surface area contributed by atoms with Gasteiger partial charge in [0.1, 0.15) is 0 Å². The van der Waals surface area contributed by atoms with E-state index in [1.807, 2.05) is 44.2 Å². The molecule has 3 aromatic rings. The Morgan fingerprint density at radius 1 is 1.12 bits per heavy atom. The summed E-state index contributed by atoms with van der Waals surface area (Å²) < 4.78 is 0. The zero-order chi connectivity index (χ0) is 17.8. The van der Waals surface area contributed by atoms with Gasteiger partial charge in [-0.25, -0.2) is 0 Å². The number of hydrogen-bond donors (Lipinski definition) is 2. The molecule has 0 aliphatic rings. The van der Waals surface area contributed by atoms with Crippen LogP contribution in [0.2, 0.25) is 5.02 Å². The van der Waals surface area contributed by atoms with Gasteiger partial charge in [0.05, 0.1) is 0 Å². The minimum absolute atomic E-state index is 0. The normalized spacial score (nSPS) is 10.6. The van der Waals surface area contributed by atoms with E-state index in [-0.39, 0.29) is 18.0 Å². The van der Waals surface area contributed by atoms with Gasteiger partial charge in [0, 0.05) is 44.7 Å². The Hall–Kier alpha value is -1.59. The molecule has 2 heterocycles. The predicted octanol–water partition coefficient (Wildman–Crippen LogP) is 5.34. The van der Waals surface area contributed by atoms with Crippen molar-refractivity contribution in [2.24, 2.45) is 0 Å². The Morgan fingerprint density at radius 3 is 2.54 bits per heavy atom. The molecule has 2 aromatic heterocycles. The average Bonchev–Trinajstić information content (AvgIpc) is 3.05. The first-order valence-corrected chi connectivity index (χ1v) is 9.53. The molecule has 0 unspecified atom stereocenters. The summed E-state index contributed by atoms with van der Waals surface area (Å²) in [5.74, 6) is 0. The van der Waals surface area contributed by atoms with Crippen molar-refractivity contribution in [3.63, 3.8) is 0 Å². The van der Waals surface area contributed by atoms with Crippen LogP contribution in [-0.4, -0.2) is 4.98 Å². The van der Waals surface area contributed by atoms with Crippen LogP contribution in [0.3, 0.4) is 0 Å². The molecule has 138 valence electrons. The quantitative estimate of drug-likeness (QED) is 0.577. The number of benzene rings is 1. The van der Waals surface area contributed by atoms with Gasteiger partial charge in [0.25, 0.3) is 5.56 Å². The number of halogens is 2. The molecule has 2 N–H and O–H groups in total. The highest BCUT2D eigenvalue weighted by Crippen LogP contribution is 2.30. The number of aryl methyl sites for hydroxylation is 2. The highest BCUT2D eigenvalue weighted by atomic mass is 35.5. The maximum Gasteiger partial charge on any atom is 0.251 e. The van der Waals surface area contributed by atoms with E-state index in [4.69, 9.17) is 11.6 Å². The van der Waals surface area contributed by atoms with Crippen LogP contribution in [0.25, 0.3) is 10.4 Å². The van der Waals surface area contributed by atoms with Crippen LogP contribution in [-0.2, 0) is 19.5 Å². The van der Waals surface area contributed by atoms with Crippen molar-refractivity contribution in [1.82, 2.24) is 10.3 Å². The standard InChI is InChI=1S/C20H21ClN2OS.ClH/c1-3-15-10-18(13(2)23-20(15)24)19-9-8-17(25-19)12-22-11-14-4-6-16(21)7-5-14;/h4-10,22H,3,11-12H2,1-2H3,(H,23,24);1H. The molecular formula is C20H22Cl2N2OS. The van der Waals surface area contributed by atoms with Crippen LogP contribution in [0.15, 0.2) is 47.3 Å². The maximum atomic E-state index is 11.9. The molecule has 3 nitrogen and oxygen atoms in total. The van der Waals surface area contributed by atoms with Crippen LogP contribution < -0.4 is 10.9 Å². The Labute approximate surface area is 168 Å². The number of aromatic amines is 1. The zero-order valence-corrected chi connectivity index (χ0v) is 17.2. The van der Waals surface area contributed by atoms with Gasteiger partial charge in [-0.05, 0) is 49.2 Å². The Morgan fingerprint density at radius 2 is 1.85 bits per heavy atom. The first-order valence-electron chi connectivity index (χ1n) is 8.34. The van der Waals surface area contributed by atoms with Crippen LogP contribution in [0.5, 0.6) is 0 Å². The molecule has 0 saturated carbocycles. The summed E-state index contributed by atoms with van der Waals surface area (Å²) in [4.78, 5) is 17.3. The minimum atomic E-state index is 0. The third-order valence-electron chi connectivity index (χ3n) is 4.16. The molecule has 0 aliphatic carbocycles. The number of pyridine rings is 1. The number of rotatable bonds is 6. The summed E-state index contributed by atoms with van der Waals surface area (Å²) in [7, 11) is 0. The molecule has 0 bridgehead atoms. The van der Waals surface area contributed by atoms with Crippen LogP contribution in [0.4, 0.5) is 0 Å². The van der Waals surface area contributed by atoms with Crippen molar-refractivity contribution >= 4 is 35.3 Å². The second-order valence-corrected chi connectivity index (χ2v) is 7.62. The van der Waals surface area contributed by atoms with E-state index >= 15 is 0 Å². The van der Waals surface area contributed by atoms with Crippen molar-refractivity contribution in [2.45, 2.75) is 33.4 Å². The third-order valence-corrected chi connectivity index (χ3v) is 5.54. The molecule has 1 aromatic carbocycles. The molecule has 26 heavy (non-hydrogen) atoms. The van der Waals surface area contributed by atoms with Gasteiger partial charge in [-0.2, -0.15) is 0 Å². The minimum Gasteiger partial charge on any atom is -0.326 e. The summed E-state index contributed by atoms with van der Waals surface area (Å²) in [6.45, 7) is 5.58. The largest absolute Gasteiger partial charge is 0.326 e. The first kappa shape index (κ1) is 20.7. The highest BCUT2D eigenvalue weighted by molar-refractivity contribution is 7.15. The summed E-state index contributed by atoms with van der Waals surface area (Å²) in [6, 6.07) is 14.2. The van der Waals surface area contributed by atoms with Crippen LogP contribution in [0.1, 0.15) is 28.6 Å². The lowest BCUT2D eigenvalue weighted by atomic mass is 10.1. The summed E-state index contributed by atoms with van der Waals surface area (Å²) in [5, 5.41) is 4.22. The van der Waals surface area contributed by atoms with Crippen molar-refractivity contribution in [2.75, 3.05) is 0 Å². The van der Waals surface area contributed by atoms with E-state index in [2.05, 4.69) is 22.4 Å². The molecule has 0 saturated heterocycles. The number of hydrogen-bond acceptors (Lipinski definition) is 3. The fourth-order valence-corrected chi connectivity index (χ4v) is 3.91. The summed E-state index contributed by atoms with van der Waals surface area (Å²) >= 11 is 7.66. The first-order chi connectivity index (χ1) is 12.1. The lowest BCUT2D eigenvalue weighted by Gasteiger charge is -2.06. The Bertz CT molecular complexity index is 916. The van der Waals surface area contributed by atoms with E-state index in [1.54, 1.807) is 11.3 Å². The molecule has 3 rings (SSSR count). The van der Waals surface area contributed by atoms with E-state index < -0.39 is 0 Å². The molecule has 0 atom stereocenters. The predicted molar refractivity (Wildman–Crippen MR) is 114 cm³/mol. The topological polar surface area (TPSA) is 44.9 Å². The number of H-pyrrole nitrogens is 1. The molecular weight excluding hydrogens is 387 g/mol. The second kappa shape index (κ2) is 9.38. The second-order valence-electron chi connectivity index (χ2n) is 6.01. The molecule has 0 fully saturated rings. The van der Waals surface area contributed by atoms with E-state index in [0.29, 0.717) is 0 Å². The number of thiophene rings is 1. The molecule has 0 radical (unpaired) electrons. The molecule has 6 heteroatoms. The van der Waals surface area contributed by atoms with Crippen LogP contribution in [0, 0.1) is 6.92 Å². The van der Waals surface area contributed by atoms with Crippen LogP contribution >= 0.6 is 35.3 Å². The van der Waals surface area contributed by atoms with E-state index in [9.17, 15) is 4.79 Å². The lowest BCUT2D eigenvalue weighted by molar-refractivity contribution is 0.701. The van der Waals surface area contributed by atoms with Gasteiger partial charge in [-0.15, -0.1) is 23.7 Å². The Kier molecular flexibility index (Phi) is 7.47. The van der Waals surface area contributed by atoms with Gasteiger partial charge >= 0.3 is 0 Å². The lowest BCUT2D eigenvalue weighted by Crippen LogP contribution is -2.13. The Balaban J connectivity index is 0.00000243. The molecule has 0 aliphatic heterocycles. The van der Waals surface area contributed by atoms with Crippen molar-refractivity contribution in [3.8, 4) is 10.4 Å². The molecule has 0 amide bonds. The van der Waals surface area contributed by atoms with Crippen molar-refractivity contribution in [3.05, 3.63) is 79.5 Å². The fourth-order valence-electron chi connectivity index (χ4n) is 2.73. The van der Waals surface area contributed by atoms with Gasteiger partial charge in [-0.1, -0.05) is 30.7 Å². The van der Waals surface area contributed by atoms with E-state index in [1.165, 1.54) is 15.3 Å². The average molecular weight is 409 g/mol. The summed E-state index contributed by atoms with van der Waals surface area (Å²) in [5.41, 5.74) is 4.10. The maximum absolute atomic E-state index is 11.9. The van der Waals surface area contributed by atoms with Gasteiger partial charge < -0.3 is 10.3 Å². The smallest absolute Gasteiger partial charge is 0.251 e. The SMILES string of the molecule is CCc1cc(-c2ccc(CNCc3ccc(Cl)cc3)s2)c(C)[nH]c1=O.Cl. The van der Waals surface area contributed by atoms with E-state index in [0.717, 1.165) is 41.4 Å². The van der Waals surface area contributed by atoms with Crippen molar-refractivity contribution < 1.29 is 0 Å². The van der Waals surface area contributed by atoms with Gasteiger partial charge in [-0.3, -0.25) is 4.79 Å². The monoisotopic (exact) mass is 408 g/mol. The number of nitrogens with one attached hydrogen (secondary N) is 2. The van der Waals surface area contributed by atoms with Crippen molar-refractivity contribution in [1.29, 1.82) is 0 Å². The fraction of sp³-hybridized carbons (Fsp3) is 0.250. The summed E-state index contributed by atoms with van der Waals surface area (Å²) in [6.07, 6.45) is 0.740. The van der Waals surface area contributed by atoms with Gasteiger partial charge in [0.2, 0.25) is 0 Å².